The molecule has 0 radical (unpaired) electrons. The lowest BCUT2D eigenvalue weighted by atomic mass is 10.2. The van der Waals surface area contributed by atoms with Crippen molar-refractivity contribution in [1.82, 2.24) is 14.8 Å². The van der Waals surface area contributed by atoms with Crippen LogP contribution in [0.2, 0.25) is 10.0 Å². The van der Waals surface area contributed by atoms with Gasteiger partial charge in [-0.2, -0.15) is 4.98 Å². The van der Waals surface area contributed by atoms with Crippen LogP contribution in [0.5, 0.6) is 6.01 Å². The van der Waals surface area contributed by atoms with E-state index in [-0.39, 0.29) is 18.0 Å². The average Bonchev–Trinajstić information content (AvgIpc) is 3.07. The molecule has 28 heavy (non-hydrogen) atoms. The zero-order valence-corrected chi connectivity index (χ0v) is 17.3. The van der Waals surface area contributed by atoms with Crippen molar-refractivity contribution in [2.45, 2.75) is 33.3 Å². The maximum Gasteiger partial charge on any atom is 0.336 e. The molecule has 146 valence electrons. The third kappa shape index (κ3) is 4.64. The van der Waals surface area contributed by atoms with Crippen molar-refractivity contribution in [3.05, 3.63) is 52.5 Å². The number of anilines is 1. The summed E-state index contributed by atoms with van der Waals surface area (Å²) in [6.45, 7) is 5.61. The largest absolute Gasteiger partial charge is 0.460 e. The fraction of sp³-hybridized carbons (Fsp3) is 0.250. The van der Waals surface area contributed by atoms with Crippen molar-refractivity contribution in [2.75, 3.05) is 5.32 Å². The zero-order chi connectivity index (χ0) is 20.3. The van der Waals surface area contributed by atoms with Gasteiger partial charge >= 0.3 is 6.01 Å². The van der Waals surface area contributed by atoms with E-state index in [2.05, 4.69) is 15.4 Å². The molecule has 3 aromatic rings. The molecule has 1 heterocycles. The molecule has 2 aromatic carbocycles. The molecule has 0 aliphatic carbocycles. The summed E-state index contributed by atoms with van der Waals surface area (Å²) in [4.78, 5) is 16.2. The summed E-state index contributed by atoms with van der Waals surface area (Å²) >= 11 is 12.2. The molecule has 0 bridgehead atoms. The second-order valence-electron chi connectivity index (χ2n) is 6.38. The molecule has 3 rings (SSSR count). The van der Waals surface area contributed by atoms with E-state index in [1.54, 1.807) is 23.7 Å². The van der Waals surface area contributed by atoms with E-state index in [4.69, 9.17) is 27.9 Å². The predicted octanol–water partition coefficient (Wildman–Crippen LogP) is 5.38. The minimum atomic E-state index is -0.0762. The lowest BCUT2D eigenvalue weighted by Gasteiger charge is -2.09. The van der Waals surface area contributed by atoms with E-state index < -0.39 is 0 Å². The highest BCUT2D eigenvalue weighted by molar-refractivity contribution is 6.42. The van der Waals surface area contributed by atoms with Gasteiger partial charge in [-0.25, -0.2) is 4.68 Å². The van der Waals surface area contributed by atoms with Crippen LogP contribution in [0.25, 0.3) is 17.1 Å². The molecule has 0 fully saturated rings. The number of hydrogen-bond donors (Lipinski definition) is 1. The standard InChI is InChI=1S/C20H20Cl2N4O2/c1-4-18(27)23-14-6-5-7-15(11-14)26-19(24-20(25-26)28-12(2)3)13-8-9-16(21)17(22)10-13/h5-12H,4H2,1-3H3,(H,23,27). The van der Waals surface area contributed by atoms with E-state index in [1.807, 2.05) is 44.2 Å². The monoisotopic (exact) mass is 418 g/mol. The minimum Gasteiger partial charge on any atom is -0.460 e. The normalized spacial score (nSPS) is 10.9. The fourth-order valence-electron chi connectivity index (χ4n) is 2.52. The number of benzene rings is 2. The SMILES string of the molecule is CCC(=O)Nc1cccc(-n2nc(OC(C)C)nc2-c2ccc(Cl)c(Cl)c2)c1. The first kappa shape index (κ1) is 20.2. The van der Waals surface area contributed by atoms with Crippen molar-refractivity contribution in [2.24, 2.45) is 0 Å². The first-order chi connectivity index (χ1) is 13.4. The van der Waals surface area contributed by atoms with Crippen LogP contribution in [-0.4, -0.2) is 26.8 Å². The Bertz CT molecular complexity index is 1000. The van der Waals surface area contributed by atoms with Crippen molar-refractivity contribution < 1.29 is 9.53 Å². The minimum absolute atomic E-state index is 0.0655. The second-order valence-corrected chi connectivity index (χ2v) is 7.19. The molecule has 1 N–H and O–H groups in total. The van der Waals surface area contributed by atoms with Gasteiger partial charge in [0.1, 0.15) is 0 Å². The summed E-state index contributed by atoms with van der Waals surface area (Å²) in [6.07, 6.45) is 0.321. The van der Waals surface area contributed by atoms with Gasteiger partial charge in [-0.05, 0) is 50.2 Å². The highest BCUT2D eigenvalue weighted by atomic mass is 35.5. The average molecular weight is 419 g/mol. The predicted molar refractivity (Wildman–Crippen MR) is 111 cm³/mol. The van der Waals surface area contributed by atoms with Crippen molar-refractivity contribution in [3.63, 3.8) is 0 Å². The quantitative estimate of drug-likeness (QED) is 0.583. The van der Waals surface area contributed by atoms with Crippen molar-refractivity contribution in [3.8, 4) is 23.1 Å². The third-order valence-corrected chi connectivity index (χ3v) is 4.54. The second kappa shape index (κ2) is 8.63. The molecular formula is C20H20Cl2N4O2. The van der Waals surface area contributed by atoms with Crippen LogP contribution in [0.15, 0.2) is 42.5 Å². The summed E-state index contributed by atoms with van der Waals surface area (Å²) in [7, 11) is 0. The number of carbonyl (C=O) groups is 1. The number of aromatic nitrogens is 3. The maximum absolute atomic E-state index is 11.7. The Morgan fingerprint density at radius 3 is 2.64 bits per heavy atom. The zero-order valence-electron chi connectivity index (χ0n) is 15.7. The highest BCUT2D eigenvalue weighted by Gasteiger charge is 2.17. The van der Waals surface area contributed by atoms with E-state index >= 15 is 0 Å². The van der Waals surface area contributed by atoms with E-state index in [9.17, 15) is 4.79 Å². The maximum atomic E-state index is 11.7. The topological polar surface area (TPSA) is 69.0 Å². The van der Waals surface area contributed by atoms with Gasteiger partial charge in [0.05, 0.1) is 21.8 Å². The third-order valence-electron chi connectivity index (χ3n) is 3.80. The Labute approximate surface area is 173 Å². The number of hydrogen-bond acceptors (Lipinski definition) is 4. The molecule has 0 saturated heterocycles. The van der Waals surface area contributed by atoms with Crippen LogP contribution < -0.4 is 10.1 Å². The fourth-order valence-corrected chi connectivity index (χ4v) is 2.82. The number of nitrogens with zero attached hydrogens (tertiary/aromatic N) is 3. The van der Waals surface area contributed by atoms with Crippen LogP contribution >= 0.6 is 23.2 Å². The molecule has 6 nitrogen and oxygen atoms in total. The van der Waals surface area contributed by atoms with E-state index in [0.717, 1.165) is 11.3 Å². The van der Waals surface area contributed by atoms with Gasteiger partial charge in [0.25, 0.3) is 0 Å². The molecule has 0 spiro atoms. The number of amides is 1. The number of carbonyl (C=O) groups excluding carboxylic acids is 1. The van der Waals surface area contributed by atoms with Crippen molar-refractivity contribution >= 4 is 34.8 Å². The van der Waals surface area contributed by atoms with Gasteiger partial charge in [0, 0.05) is 17.7 Å². The van der Waals surface area contributed by atoms with E-state index in [1.165, 1.54) is 0 Å². The smallest absolute Gasteiger partial charge is 0.336 e. The molecule has 0 unspecified atom stereocenters. The summed E-state index contributed by atoms with van der Waals surface area (Å²) < 4.78 is 7.32. The van der Waals surface area contributed by atoms with Crippen LogP contribution in [0.1, 0.15) is 27.2 Å². The Morgan fingerprint density at radius 2 is 1.96 bits per heavy atom. The van der Waals surface area contributed by atoms with Gasteiger partial charge in [-0.1, -0.05) is 36.2 Å². The lowest BCUT2D eigenvalue weighted by Crippen LogP contribution is -2.10. The molecule has 8 heteroatoms. The Morgan fingerprint density at radius 1 is 1.18 bits per heavy atom. The van der Waals surface area contributed by atoms with Crippen LogP contribution in [0.3, 0.4) is 0 Å². The first-order valence-corrected chi connectivity index (χ1v) is 9.62. The summed E-state index contributed by atoms with van der Waals surface area (Å²) in [5.41, 5.74) is 2.14. The number of rotatable bonds is 6. The van der Waals surface area contributed by atoms with Crippen LogP contribution in [-0.2, 0) is 4.79 Å². The molecular weight excluding hydrogens is 399 g/mol. The van der Waals surface area contributed by atoms with E-state index in [0.29, 0.717) is 28.0 Å². The Balaban J connectivity index is 2.08. The molecule has 0 aliphatic heterocycles. The van der Waals surface area contributed by atoms with Gasteiger partial charge < -0.3 is 10.1 Å². The van der Waals surface area contributed by atoms with Gasteiger partial charge in [-0.15, -0.1) is 5.10 Å². The highest BCUT2D eigenvalue weighted by Crippen LogP contribution is 2.30. The molecule has 1 aromatic heterocycles. The lowest BCUT2D eigenvalue weighted by molar-refractivity contribution is -0.115. The molecule has 0 aliphatic rings. The van der Waals surface area contributed by atoms with Crippen LogP contribution in [0, 0.1) is 0 Å². The summed E-state index contributed by atoms with van der Waals surface area (Å²) in [5, 5.41) is 8.21. The first-order valence-electron chi connectivity index (χ1n) is 8.86. The Kier molecular flexibility index (Phi) is 6.21. The number of halogens is 2. The Hall–Kier alpha value is -2.57. The van der Waals surface area contributed by atoms with Crippen molar-refractivity contribution in [1.29, 1.82) is 0 Å². The van der Waals surface area contributed by atoms with Gasteiger partial charge in [-0.3, -0.25) is 4.79 Å². The van der Waals surface area contributed by atoms with Gasteiger partial charge in [0.15, 0.2) is 5.82 Å². The van der Waals surface area contributed by atoms with Gasteiger partial charge in [0.2, 0.25) is 5.91 Å². The molecule has 0 saturated carbocycles. The van der Waals surface area contributed by atoms with Crippen LogP contribution in [0.4, 0.5) is 5.69 Å². The number of nitrogens with one attached hydrogen (secondary N) is 1. The molecule has 1 amide bonds. The summed E-state index contributed by atoms with van der Waals surface area (Å²) in [6, 6.07) is 12.8. The molecule has 0 atom stereocenters. The summed E-state index contributed by atoms with van der Waals surface area (Å²) in [5.74, 6) is 0.484. The number of ether oxygens (including phenoxy) is 1.